The van der Waals surface area contributed by atoms with Gasteiger partial charge in [-0.1, -0.05) is 11.6 Å². The Labute approximate surface area is 123 Å². The third-order valence-corrected chi connectivity index (χ3v) is 3.00. The summed E-state index contributed by atoms with van der Waals surface area (Å²) < 4.78 is 39.8. The molecule has 0 saturated heterocycles. The van der Waals surface area contributed by atoms with Crippen LogP contribution < -0.4 is 5.32 Å². The highest BCUT2D eigenvalue weighted by molar-refractivity contribution is 6.30. The standard InChI is InChI=1S/C14H9ClF3NO2/c15-7-1-3-8(4-2-7)19-13(14(20)21)9-5-11(17)12(18)6-10(9)16/h1-6,13,19H,(H,20,21). The van der Waals surface area contributed by atoms with Gasteiger partial charge in [-0.05, 0) is 30.3 Å². The zero-order valence-electron chi connectivity index (χ0n) is 10.4. The molecular formula is C14H9ClF3NO2. The molecule has 0 heterocycles. The van der Waals surface area contributed by atoms with Crippen LogP contribution in [0.25, 0.3) is 0 Å². The molecule has 0 aliphatic rings. The van der Waals surface area contributed by atoms with Gasteiger partial charge in [0, 0.05) is 22.3 Å². The maximum absolute atomic E-state index is 13.7. The first kappa shape index (κ1) is 15.2. The monoisotopic (exact) mass is 315 g/mol. The van der Waals surface area contributed by atoms with Crippen LogP contribution in [-0.2, 0) is 4.79 Å². The Hall–Kier alpha value is -2.21. The molecule has 0 saturated carbocycles. The van der Waals surface area contributed by atoms with Crippen molar-refractivity contribution in [3.63, 3.8) is 0 Å². The van der Waals surface area contributed by atoms with E-state index in [4.69, 9.17) is 16.7 Å². The highest BCUT2D eigenvalue weighted by atomic mass is 35.5. The van der Waals surface area contributed by atoms with Crippen LogP contribution in [-0.4, -0.2) is 11.1 Å². The minimum atomic E-state index is -1.57. The van der Waals surface area contributed by atoms with Crippen LogP contribution in [0.4, 0.5) is 18.9 Å². The third-order valence-electron chi connectivity index (χ3n) is 2.75. The van der Waals surface area contributed by atoms with Gasteiger partial charge in [-0.3, -0.25) is 0 Å². The number of carboxylic acids is 1. The van der Waals surface area contributed by atoms with Crippen LogP contribution in [0, 0.1) is 17.5 Å². The largest absolute Gasteiger partial charge is 0.479 e. The highest BCUT2D eigenvalue weighted by Gasteiger charge is 2.25. The summed E-state index contributed by atoms with van der Waals surface area (Å²) in [6.07, 6.45) is 0. The minimum absolute atomic E-state index is 0.310. The molecule has 1 unspecified atom stereocenters. The zero-order valence-corrected chi connectivity index (χ0v) is 11.2. The van der Waals surface area contributed by atoms with Gasteiger partial charge >= 0.3 is 5.97 Å². The van der Waals surface area contributed by atoms with Gasteiger partial charge in [0.25, 0.3) is 0 Å². The number of benzene rings is 2. The lowest BCUT2D eigenvalue weighted by Crippen LogP contribution is -2.22. The van der Waals surface area contributed by atoms with E-state index in [1.165, 1.54) is 24.3 Å². The Kier molecular flexibility index (Phi) is 4.37. The fraction of sp³-hybridized carbons (Fsp3) is 0.0714. The fourth-order valence-electron chi connectivity index (χ4n) is 1.74. The Morgan fingerprint density at radius 3 is 2.19 bits per heavy atom. The summed E-state index contributed by atoms with van der Waals surface area (Å²) in [5, 5.41) is 12.1. The van der Waals surface area contributed by atoms with Crippen LogP contribution in [0.3, 0.4) is 0 Å². The van der Waals surface area contributed by atoms with Crippen LogP contribution in [0.5, 0.6) is 0 Å². The van der Waals surface area contributed by atoms with Crippen LogP contribution in [0.2, 0.25) is 5.02 Å². The van der Waals surface area contributed by atoms with Crippen molar-refractivity contribution in [2.45, 2.75) is 6.04 Å². The van der Waals surface area contributed by atoms with E-state index >= 15 is 0 Å². The molecule has 110 valence electrons. The molecule has 0 aromatic heterocycles. The molecular weight excluding hydrogens is 307 g/mol. The summed E-state index contributed by atoms with van der Waals surface area (Å²) in [6.45, 7) is 0. The number of hydrogen-bond donors (Lipinski definition) is 2. The van der Waals surface area contributed by atoms with Gasteiger partial charge in [0.2, 0.25) is 0 Å². The summed E-state index contributed by atoms with van der Waals surface area (Å²) in [6, 6.07) is 5.23. The van der Waals surface area contributed by atoms with Crippen molar-refractivity contribution in [1.82, 2.24) is 0 Å². The molecule has 0 aliphatic carbocycles. The van der Waals surface area contributed by atoms with Crippen LogP contribution in [0.1, 0.15) is 11.6 Å². The third kappa shape index (κ3) is 3.46. The number of hydrogen-bond acceptors (Lipinski definition) is 2. The molecule has 1 atom stereocenters. The molecule has 0 fully saturated rings. The lowest BCUT2D eigenvalue weighted by atomic mass is 10.1. The van der Waals surface area contributed by atoms with Gasteiger partial charge in [0.05, 0.1) is 0 Å². The van der Waals surface area contributed by atoms with E-state index in [1.807, 2.05) is 0 Å². The smallest absolute Gasteiger partial charge is 0.330 e. The number of rotatable bonds is 4. The molecule has 7 heteroatoms. The summed E-state index contributed by atoms with van der Waals surface area (Å²) in [5.41, 5.74) is -0.160. The second kappa shape index (κ2) is 6.05. The van der Waals surface area contributed by atoms with Gasteiger partial charge in [-0.25, -0.2) is 18.0 Å². The molecule has 0 radical (unpaired) electrons. The van der Waals surface area contributed by atoms with Crippen molar-refractivity contribution in [3.8, 4) is 0 Å². The van der Waals surface area contributed by atoms with Gasteiger partial charge < -0.3 is 10.4 Å². The van der Waals surface area contributed by atoms with Gasteiger partial charge in [0.1, 0.15) is 5.82 Å². The van der Waals surface area contributed by atoms with Crippen LogP contribution in [0.15, 0.2) is 36.4 Å². The quantitative estimate of drug-likeness (QED) is 0.839. The molecule has 2 aromatic carbocycles. The first-order chi connectivity index (χ1) is 9.88. The van der Waals surface area contributed by atoms with E-state index in [-0.39, 0.29) is 0 Å². The predicted octanol–water partition coefficient (Wildman–Crippen LogP) is 4.00. The highest BCUT2D eigenvalue weighted by Crippen LogP contribution is 2.25. The molecule has 21 heavy (non-hydrogen) atoms. The van der Waals surface area contributed by atoms with E-state index in [2.05, 4.69) is 5.32 Å². The van der Waals surface area contributed by atoms with Crippen molar-refractivity contribution >= 4 is 23.3 Å². The number of carbonyl (C=O) groups is 1. The summed E-state index contributed by atoms with van der Waals surface area (Å²) in [5.74, 6) is -5.29. The minimum Gasteiger partial charge on any atom is -0.479 e. The van der Waals surface area contributed by atoms with Gasteiger partial charge in [-0.2, -0.15) is 0 Å². The zero-order chi connectivity index (χ0) is 15.6. The maximum Gasteiger partial charge on any atom is 0.330 e. The first-order valence-electron chi connectivity index (χ1n) is 5.78. The van der Waals surface area contributed by atoms with Crippen LogP contribution >= 0.6 is 11.6 Å². The molecule has 3 nitrogen and oxygen atoms in total. The lowest BCUT2D eigenvalue weighted by molar-refractivity contribution is -0.138. The maximum atomic E-state index is 13.7. The number of carboxylic acid groups (broad SMARTS) is 1. The molecule has 0 aliphatic heterocycles. The molecule has 0 amide bonds. The van der Waals surface area contributed by atoms with Crippen molar-refractivity contribution in [1.29, 1.82) is 0 Å². The first-order valence-corrected chi connectivity index (χ1v) is 6.15. The number of nitrogens with one attached hydrogen (secondary N) is 1. The SMILES string of the molecule is O=C(O)C(Nc1ccc(Cl)cc1)c1cc(F)c(F)cc1F. The molecule has 2 N–H and O–H groups in total. The van der Waals surface area contributed by atoms with Crippen molar-refractivity contribution in [2.24, 2.45) is 0 Å². The Bertz CT molecular complexity index is 677. The predicted molar refractivity (Wildman–Crippen MR) is 71.8 cm³/mol. The Morgan fingerprint density at radius 2 is 1.62 bits per heavy atom. The van der Waals surface area contributed by atoms with E-state index in [1.54, 1.807) is 0 Å². The van der Waals surface area contributed by atoms with E-state index < -0.39 is 35.0 Å². The molecule has 0 bridgehead atoms. The summed E-state index contributed by atoms with van der Waals surface area (Å²) in [4.78, 5) is 11.2. The molecule has 2 aromatic rings. The lowest BCUT2D eigenvalue weighted by Gasteiger charge is -2.17. The Morgan fingerprint density at radius 1 is 1.05 bits per heavy atom. The number of anilines is 1. The fourth-order valence-corrected chi connectivity index (χ4v) is 1.87. The topological polar surface area (TPSA) is 49.3 Å². The second-order valence-corrected chi connectivity index (χ2v) is 4.65. The normalized spacial score (nSPS) is 12.0. The van der Waals surface area contributed by atoms with E-state index in [0.29, 0.717) is 22.8 Å². The van der Waals surface area contributed by atoms with Crippen molar-refractivity contribution in [2.75, 3.05) is 5.32 Å². The second-order valence-electron chi connectivity index (χ2n) is 4.21. The Balaban J connectivity index is 2.38. The van der Waals surface area contributed by atoms with Gasteiger partial charge in [-0.15, -0.1) is 0 Å². The van der Waals surface area contributed by atoms with E-state index in [9.17, 15) is 18.0 Å². The van der Waals surface area contributed by atoms with Crippen molar-refractivity contribution < 1.29 is 23.1 Å². The van der Waals surface area contributed by atoms with E-state index in [0.717, 1.165) is 0 Å². The summed E-state index contributed by atoms with van der Waals surface area (Å²) in [7, 11) is 0. The molecule has 2 rings (SSSR count). The average Bonchev–Trinajstić information content (AvgIpc) is 2.42. The van der Waals surface area contributed by atoms with Gasteiger partial charge in [0.15, 0.2) is 17.7 Å². The molecule has 0 spiro atoms. The number of halogens is 4. The number of aliphatic carboxylic acids is 1. The average molecular weight is 316 g/mol. The summed E-state index contributed by atoms with van der Waals surface area (Å²) >= 11 is 5.70. The van der Waals surface area contributed by atoms with Crippen molar-refractivity contribution in [3.05, 3.63) is 64.4 Å².